The molecule has 3 N–H and O–H groups in total. The molecule has 2 aliphatic rings. The molecule has 176 valence electrons. The lowest BCUT2D eigenvalue weighted by atomic mass is 10.1. The molecule has 6 rings (SSSR count). The number of alkyl halides is 2. The van der Waals surface area contributed by atoms with E-state index in [2.05, 4.69) is 30.5 Å². The molecular weight excluding hydrogens is 444 g/mol. The van der Waals surface area contributed by atoms with Gasteiger partial charge in [-0.05, 0) is 44.2 Å². The number of anilines is 2. The van der Waals surface area contributed by atoms with Gasteiger partial charge in [0.2, 0.25) is 11.9 Å². The molecule has 1 aliphatic heterocycles. The van der Waals surface area contributed by atoms with Crippen molar-refractivity contribution in [3.05, 3.63) is 42.4 Å². The van der Waals surface area contributed by atoms with Gasteiger partial charge in [0, 0.05) is 23.8 Å². The number of benzene rings is 1. The van der Waals surface area contributed by atoms with Crippen molar-refractivity contribution >= 4 is 22.8 Å². The van der Waals surface area contributed by atoms with Gasteiger partial charge < -0.3 is 15.8 Å². The fourth-order valence-corrected chi connectivity index (χ4v) is 4.39. The maximum atomic E-state index is 13.0. The minimum atomic E-state index is -2.69. The van der Waals surface area contributed by atoms with Crippen molar-refractivity contribution in [1.29, 1.82) is 0 Å². The highest BCUT2D eigenvalue weighted by Crippen LogP contribution is 2.47. The van der Waals surface area contributed by atoms with Crippen molar-refractivity contribution in [3.8, 4) is 11.4 Å². The highest BCUT2D eigenvalue weighted by molar-refractivity contribution is 5.83. The molecule has 0 bridgehead atoms. The zero-order valence-electron chi connectivity index (χ0n) is 18.2. The zero-order chi connectivity index (χ0) is 23.3. The van der Waals surface area contributed by atoms with Gasteiger partial charge in [0.1, 0.15) is 0 Å². The zero-order valence-corrected chi connectivity index (χ0v) is 18.2. The summed E-state index contributed by atoms with van der Waals surface area (Å²) in [7, 11) is 0. The van der Waals surface area contributed by atoms with Gasteiger partial charge in [0.05, 0.1) is 22.9 Å². The van der Waals surface area contributed by atoms with Gasteiger partial charge in [-0.25, -0.2) is 9.36 Å². The Morgan fingerprint density at radius 2 is 2.03 bits per heavy atom. The van der Waals surface area contributed by atoms with Gasteiger partial charge in [0.15, 0.2) is 12.1 Å². The lowest BCUT2D eigenvalue weighted by molar-refractivity contribution is -0.0366. The number of ether oxygens (including phenoxy) is 1. The van der Waals surface area contributed by atoms with Crippen LogP contribution in [0.2, 0.25) is 0 Å². The molecule has 1 atom stereocenters. The number of halogens is 2. The van der Waals surface area contributed by atoms with Crippen LogP contribution in [0.15, 0.2) is 36.7 Å². The summed E-state index contributed by atoms with van der Waals surface area (Å²) in [6.45, 7) is -1.96. The summed E-state index contributed by atoms with van der Waals surface area (Å²) in [4.78, 5) is 13.1. The molecule has 10 nitrogen and oxygen atoms in total. The summed E-state index contributed by atoms with van der Waals surface area (Å²) >= 11 is 0. The van der Waals surface area contributed by atoms with Crippen molar-refractivity contribution in [2.75, 3.05) is 17.7 Å². The normalized spacial score (nSPS) is 19.6. The van der Waals surface area contributed by atoms with E-state index in [-0.39, 0.29) is 18.1 Å². The lowest BCUT2D eigenvalue weighted by Gasteiger charge is -2.23. The number of nitrogen functional groups attached to an aromatic ring is 1. The average Bonchev–Trinajstić information content (AvgIpc) is 3.25. The largest absolute Gasteiger partial charge is 0.368 e. The Balaban J connectivity index is 1.31. The van der Waals surface area contributed by atoms with Crippen LogP contribution in [0.1, 0.15) is 50.6 Å². The van der Waals surface area contributed by atoms with Gasteiger partial charge in [-0.15, -0.1) is 0 Å². The van der Waals surface area contributed by atoms with E-state index in [0.717, 1.165) is 55.2 Å². The fraction of sp³-hybridized carbons (Fsp3) is 0.409. The topological polar surface area (TPSA) is 122 Å². The van der Waals surface area contributed by atoms with Crippen molar-refractivity contribution in [2.24, 2.45) is 0 Å². The first-order chi connectivity index (χ1) is 16.5. The van der Waals surface area contributed by atoms with Crippen LogP contribution in [0.25, 0.3) is 22.3 Å². The number of rotatable bonds is 6. The summed E-state index contributed by atoms with van der Waals surface area (Å²) in [5, 5.41) is 12.8. The molecule has 1 saturated carbocycles. The van der Waals surface area contributed by atoms with Crippen molar-refractivity contribution in [1.82, 2.24) is 34.5 Å². The van der Waals surface area contributed by atoms with Gasteiger partial charge in [-0.3, -0.25) is 0 Å². The monoisotopic (exact) mass is 467 g/mol. The first-order valence-corrected chi connectivity index (χ1v) is 11.2. The first-order valence-electron chi connectivity index (χ1n) is 11.2. The molecule has 12 heteroatoms. The van der Waals surface area contributed by atoms with Crippen LogP contribution in [0, 0.1) is 0 Å². The molecule has 4 heterocycles. The minimum Gasteiger partial charge on any atom is -0.368 e. The molecule has 1 aliphatic carbocycles. The number of nitrogens with one attached hydrogen (secondary N) is 1. The average molecular weight is 467 g/mol. The third-order valence-electron chi connectivity index (χ3n) is 6.34. The number of hydrogen-bond acceptors (Lipinski definition) is 8. The summed E-state index contributed by atoms with van der Waals surface area (Å²) in [6.07, 6.45) is 7.51. The predicted molar refractivity (Wildman–Crippen MR) is 120 cm³/mol. The van der Waals surface area contributed by atoms with E-state index in [9.17, 15) is 8.78 Å². The first kappa shape index (κ1) is 20.9. The van der Waals surface area contributed by atoms with Gasteiger partial charge in [-0.2, -0.15) is 33.9 Å². The van der Waals surface area contributed by atoms with Crippen LogP contribution >= 0.6 is 0 Å². The smallest absolute Gasteiger partial charge is 0.333 e. The van der Waals surface area contributed by atoms with E-state index in [0.29, 0.717) is 16.2 Å². The Morgan fingerprint density at radius 1 is 1.15 bits per heavy atom. The molecule has 1 unspecified atom stereocenters. The van der Waals surface area contributed by atoms with Crippen LogP contribution in [-0.4, -0.2) is 41.1 Å². The predicted octanol–water partition coefficient (Wildman–Crippen LogP) is 3.86. The number of fused-ring (bicyclic) bond motifs is 1. The maximum Gasteiger partial charge on any atom is 0.333 e. The Labute approximate surface area is 193 Å². The van der Waals surface area contributed by atoms with Crippen LogP contribution in [0.4, 0.5) is 20.7 Å². The molecule has 0 amide bonds. The SMILES string of the molecule is Nc1nc(NC2(c3ccn(C(F)F)n3)CC2)nc(-c2ccc3cnn(C4CCCCO4)c3c2)n1. The number of nitrogens with zero attached hydrogens (tertiary/aromatic N) is 7. The quantitative estimate of drug-likeness (QED) is 0.438. The van der Waals surface area contributed by atoms with Crippen LogP contribution in [0.3, 0.4) is 0 Å². The summed E-state index contributed by atoms with van der Waals surface area (Å²) in [5.74, 6) is 0.740. The Morgan fingerprint density at radius 3 is 2.76 bits per heavy atom. The second kappa shape index (κ2) is 7.97. The lowest BCUT2D eigenvalue weighted by Crippen LogP contribution is -2.22. The molecule has 34 heavy (non-hydrogen) atoms. The number of hydrogen-bond donors (Lipinski definition) is 2. The van der Waals surface area contributed by atoms with Crippen molar-refractivity contribution in [2.45, 2.75) is 50.4 Å². The highest BCUT2D eigenvalue weighted by Gasteiger charge is 2.47. The highest BCUT2D eigenvalue weighted by atomic mass is 19.3. The Bertz CT molecular complexity index is 1340. The number of nitrogens with two attached hydrogens (primary N) is 1. The van der Waals surface area contributed by atoms with Crippen molar-refractivity contribution < 1.29 is 13.5 Å². The molecule has 2 fully saturated rings. The molecule has 0 spiro atoms. The van der Waals surface area contributed by atoms with E-state index < -0.39 is 12.1 Å². The second-order valence-electron chi connectivity index (χ2n) is 8.69. The second-order valence-corrected chi connectivity index (χ2v) is 8.69. The van der Waals surface area contributed by atoms with Crippen LogP contribution in [0.5, 0.6) is 0 Å². The molecule has 3 aromatic heterocycles. The molecule has 1 aromatic carbocycles. The molecule has 4 aromatic rings. The van der Waals surface area contributed by atoms with E-state index in [4.69, 9.17) is 10.5 Å². The maximum absolute atomic E-state index is 13.0. The Hall–Kier alpha value is -3.67. The van der Waals surface area contributed by atoms with Crippen LogP contribution < -0.4 is 11.1 Å². The van der Waals surface area contributed by atoms with E-state index in [1.165, 1.54) is 6.20 Å². The Kier molecular flexibility index (Phi) is 4.90. The van der Waals surface area contributed by atoms with Gasteiger partial charge in [-0.1, -0.05) is 12.1 Å². The standard InChI is InChI=1S/C22H23F2N9O/c23-19(24)32-9-6-16(31-32)22(7-8-22)30-21-28-18(27-20(25)29-21)13-4-5-14-12-26-33(15(14)11-13)17-3-1-2-10-34-17/h4-6,9,11-12,17,19H,1-3,7-8,10H2,(H3,25,27,28,29,30). The minimum absolute atomic E-state index is 0.0608. The van der Waals surface area contributed by atoms with Crippen LogP contribution in [-0.2, 0) is 10.3 Å². The number of aromatic nitrogens is 7. The van der Waals surface area contributed by atoms with E-state index in [1.54, 1.807) is 6.07 Å². The summed E-state index contributed by atoms with van der Waals surface area (Å²) in [6, 6.07) is 7.42. The fourth-order valence-electron chi connectivity index (χ4n) is 4.39. The third kappa shape index (κ3) is 3.73. The summed E-state index contributed by atoms with van der Waals surface area (Å²) in [5.41, 5.74) is 7.61. The molecule has 1 saturated heterocycles. The van der Waals surface area contributed by atoms with E-state index in [1.807, 2.05) is 29.1 Å². The summed E-state index contributed by atoms with van der Waals surface area (Å²) < 4.78 is 34.4. The third-order valence-corrected chi connectivity index (χ3v) is 6.34. The van der Waals surface area contributed by atoms with Gasteiger partial charge >= 0.3 is 6.55 Å². The van der Waals surface area contributed by atoms with E-state index >= 15 is 0 Å². The molecular formula is C22H23F2N9O. The van der Waals surface area contributed by atoms with Gasteiger partial charge in [0.25, 0.3) is 0 Å². The van der Waals surface area contributed by atoms with Crippen molar-refractivity contribution in [3.63, 3.8) is 0 Å². The molecule has 0 radical (unpaired) electrons.